The van der Waals surface area contributed by atoms with E-state index in [1.54, 1.807) is 0 Å². The van der Waals surface area contributed by atoms with E-state index in [0.29, 0.717) is 5.92 Å². The highest BCUT2D eigenvalue weighted by Gasteiger charge is 2.14. The number of hydrogen-bond acceptors (Lipinski definition) is 2. The number of para-hydroxylation sites is 1. The van der Waals surface area contributed by atoms with E-state index in [4.69, 9.17) is 10.2 Å². The van der Waals surface area contributed by atoms with Crippen molar-refractivity contribution in [3.05, 3.63) is 71.5 Å². The molecule has 0 aliphatic carbocycles. The van der Waals surface area contributed by atoms with Crippen LogP contribution in [-0.2, 0) is 6.42 Å². The molecule has 0 bridgehead atoms. The molecule has 0 saturated heterocycles. The monoisotopic (exact) mass is 279 g/mol. The third-order valence-corrected chi connectivity index (χ3v) is 3.71. The number of furan rings is 1. The fraction of sp³-hybridized carbons (Fsp3) is 0.263. The Kier molecular flexibility index (Phi) is 3.80. The molecule has 1 aromatic heterocycles. The fourth-order valence-corrected chi connectivity index (χ4v) is 2.70. The maximum Gasteiger partial charge on any atom is 0.134 e. The van der Waals surface area contributed by atoms with Gasteiger partial charge in [-0.25, -0.2) is 0 Å². The first-order valence-electron chi connectivity index (χ1n) is 7.46. The second-order valence-electron chi connectivity index (χ2n) is 6.01. The van der Waals surface area contributed by atoms with Gasteiger partial charge in [0.2, 0.25) is 0 Å². The summed E-state index contributed by atoms with van der Waals surface area (Å²) in [6.07, 6.45) is 1.07. The lowest BCUT2D eigenvalue weighted by Gasteiger charge is -2.12. The number of hydrogen-bond donors (Lipinski definition) is 1. The molecule has 2 aromatic carbocycles. The highest BCUT2D eigenvalue weighted by molar-refractivity contribution is 5.77. The highest BCUT2D eigenvalue weighted by atomic mass is 16.3. The molecule has 2 N–H and O–H groups in total. The molecule has 3 rings (SSSR count). The summed E-state index contributed by atoms with van der Waals surface area (Å²) in [4.78, 5) is 0. The van der Waals surface area contributed by atoms with Gasteiger partial charge in [-0.1, -0.05) is 56.3 Å². The van der Waals surface area contributed by atoms with E-state index in [0.717, 1.165) is 28.7 Å². The first kappa shape index (κ1) is 13.9. The van der Waals surface area contributed by atoms with Crippen molar-refractivity contribution in [1.29, 1.82) is 0 Å². The van der Waals surface area contributed by atoms with Crippen molar-refractivity contribution < 1.29 is 4.42 Å². The molecule has 0 spiro atoms. The largest absolute Gasteiger partial charge is 0.459 e. The van der Waals surface area contributed by atoms with Crippen LogP contribution in [0, 0.1) is 5.92 Å². The van der Waals surface area contributed by atoms with Crippen molar-refractivity contribution in [2.45, 2.75) is 26.3 Å². The molecule has 108 valence electrons. The summed E-state index contributed by atoms with van der Waals surface area (Å²) in [6.45, 7) is 4.46. The van der Waals surface area contributed by atoms with Crippen molar-refractivity contribution >= 4 is 11.0 Å². The molecule has 0 fully saturated rings. The van der Waals surface area contributed by atoms with Crippen LogP contribution in [-0.4, -0.2) is 0 Å². The van der Waals surface area contributed by atoms with Gasteiger partial charge in [-0.05, 0) is 35.6 Å². The Morgan fingerprint density at radius 3 is 2.57 bits per heavy atom. The Balaban J connectivity index is 1.92. The van der Waals surface area contributed by atoms with Gasteiger partial charge in [-0.15, -0.1) is 0 Å². The van der Waals surface area contributed by atoms with E-state index in [2.05, 4.69) is 38.1 Å². The molecule has 1 atom stereocenters. The number of fused-ring (bicyclic) bond motifs is 1. The topological polar surface area (TPSA) is 39.2 Å². The average molecular weight is 279 g/mol. The zero-order chi connectivity index (χ0) is 14.8. The van der Waals surface area contributed by atoms with Gasteiger partial charge in [-0.2, -0.15) is 0 Å². The Morgan fingerprint density at radius 2 is 1.81 bits per heavy atom. The maximum atomic E-state index is 6.39. The Bertz CT molecular complexity index is 709. The number of benzene rings is 2. The molecule has 0 radical (unpaired) electrons. The van der Waals surface area contributed by atoms with Gasteiger partial charge in [-0.3, -0.25) is 0 Å². The lowest BCUT2D eigenvalue weighted by atomic mass is 9.97. The molecule has 1 unspecified atom stereocenters. The van der Waals surface area contributed by atoms with Gasteiger partial charge in [0.25, 0.3) is 0 Å². The number of rotatable bonds is 4. The van der Waals surface area contributed by atoms with Crippen LogP contribution in [0.25, 0.3) is 11.0 Å². The SMILES string of the molecule is CC(C)Cc1cccc(C(N)c2cc3ccccc3o2)c1. The third kappa shape index (κ3) is 3.01. The van der Waals surface area contributed by atoms with Crippen molar-refractivity contribution in [3.8, 4) is 0 Å². The molecule has 3 aromatic rings. The van der Waals surface area contributed by atoms with Crippen LogP contribution in [0.3, 0.4) is 0 Å². The van der Waals surface area contributed by atoms with Gasteiger partial charge < -0.3 is 10.2 Å². The second kappa shape index (κ2) is 5.74. The van der Waals surface area contributed by atoms with E-state index in [9.17, 15) is 0 Å². The summed E-state index contributed by atoms with van der Waals surface area (Å²) in [7, 11) is 0. The molecular formula is C19H21NO. The third-order valence-electron chi connectivity index (χ3n) is 3.71. The van der Waals surface area contributed by atoms with Gasteiger partial charge >= 0.3 is 0 Å². The average Bonchev–Trinajstić information content (AvgIpc) is 2.90. The van der Waals surface area contributed by atoms with Gasteiger partial charge in [0.15, 0.2) is 0 Å². The van der Waals surface area contributed by atoms with E-state index in [1.165, 1.54) is 5.56 Å². The predicted octanol–water partition coefficient (Wildman–Crippen LogP) is 4.68. The predicted molar refractivity (Wildman–Crippen MR) is 87.2 cm³/mol. The standard InChI is InChI=1S/C19H21NO/c1-13(2)10-14-6-5-8-16(11-14)19(20)18-12-15-7-3-4-9-17(15)21-18/h3-9,11-13,19H,10,20H2,1-2H3. The first-order chi connectivity index (χ1) is 10.1. The molecular weight excluding hydrogens is 258 g/mol. The van der Waals surface area contributed by atoms with Crippen LogP contribution in [0.2, 0.25) is 0 Å². The van der Waals surface area contributed by atoms with Crippen molar-refractivity contribution in [1.82, 2.24) is 0 Å². The summed E-state index contributed by atoms with van der Waals surface area (Å²) >= 11 is 0. The molecule has 0 amide bonds. The van der Waals surface area contributed by atoms with Crippen LogP contribution in [0.4, 0.5) is 0 Å². The summed E-state index contributed by atoms with van der Waals surface area (Å²) in [5.74, 6) is 1.46. The Labute approximate surface area is 125 Å². The maximum absolute atomic E-state index is 6.39. The minimum Gasteiger partial charge on any atom is -0.459 e. The quantitative estimate of drug-likeness (QED) is 0.753. The van der Waals surface area contributed by atoms with Crippen LogP contribution in [0.1, 0.15) is 36.8 Å². The summed E-state index contributed by atoms with van der Waals surface area (Å²) in [5, 5.41) is 1.10. The van der Waals surface area contributed by atoms with Crippen LogP contribution < -0.4 is 5.73 Å². The van der Waals surface area contributed by atoms with E-state index >= 15 is 0 Å². The highest BCUT2D eigenvalue weighted by Crippen LogP contribution is 2.27. The lowest BCUT2D eigenvalue weighted by molar-refractivity contribution is 0.525. The molecule has 1 heterocycles. The molecule has 0 aliphatic heterocycles. The van der Waals surface area contributed by atoms with Crippen LogP contribution in [0.5, 0.6) is 0 Å². The zero-order valence-electron chi connectivity index (χ0n) is 12.5. The lowest BCUT2D eigenvalue weighted by Crippen LogP contribution is -2.11. The van der Waals surface area contributed by atoms with Crippen molar-refractivity contribution in [2.75, 3.05) is 0 Å². The minimum absolute atomic E-state index is 0.218. The van der Waals surface area contributed by atoms with Crippen LogP contribution >= 0.6 is 0 Å². The first-order valence-corrected chi connectivity index (χ1v) is 7.46. The van der Waals surface area contributed by atoms with E-state index in [-0.39, 0.29) is 6.04 Å². The molecule has 2 nitrogen and oxygen atoms in total. The van der Waals surface area contributed by atoms with E-state index in [1.807, 2.05) is 30.3 Å². The summed E-state index contributed by atoms with van der Waals surface area (Å²) in [5.41, 5.74) is 9.71. The Hall–Kier alpha value is -2.06. The van der Waals surface area contributed by atoms with Crippen molar-refractivity contribution in [2.24, 2.45) is 11.7 Å². The van der Waals surface area contributed by atoms with Crippen LogP contribution in [0.15, 0.2) is 59.0 Å². The molecule has 0 aliphatic rings. The normalized spacial score (nSPS) is 13.0. The van der Waals surface area contributed by atoms with Crippen molar-refractivity contribution in [3.63, 3.8) is 0 Å². The van der Waals surface area contributed by atoms with Gasteiger partial charge in [0, 0.05) is 5.39 Å². The van der Waals surface area contributed by atoms with Gasteiger partial charge in [0.1, 0.15) is 11.3 Å². The van der Waals surface area contributed by atoms with Gasteiger partial charge in [0.05, 0.1) is 6.04 Å². The second-order valence-corrected chi connectivity index (χ2v) is 6.01. The fourth-order valence-electron chi connectivity index (χ4n) is 2.70. The number of nitrogens with two attached hydrogens (primary N) is 1. The minimum atomic E-state index is -0.218. The Morgan fingerprint density at radius 1 is 1.00 bits per heavy atom. The zero-order valence-corrected chi connectivity index (χ0v) is 12.5. The summed E-state index contributed by atoms with van der Waals surface area (Å²) in [6, 6.07) is 18.3. The summed E-state index contributed by atoms with van der Waals surface area (Å²) < 4.78 is 5.88. The molecule has 2 heteroatoms. The van der Waals surface area contributed by atoms with E-state index < -0.39 is 0 Å². The smallest absolute Gasteiger partial charge is 0.134 e. The molecule has 21 heavy (non-hydrogen) atoms. The molecule has 0 saturated carbocycles.